The normalized spacial score (nSPS) is 13.7. The number of rotatable bonds is 2. The molecule has 0 aliphatic carbocycles. The van der Waals surface area contributed by atoms with Crippen molar-refractivity contribution >= 4 is 17.3 Å². The first-order valence-electron chi connectivity index (χ1n) is 7.24. The molecule has 1 aliphatic heterocycles. The molecule has 108 valence electrons. The van der Waals surface area contributed by atoms with Gasteiger partial charge in [-0.05, 0) is 43.5 Å². The predicted molar refractivity (Wildman–Crippen MR) is 85.0 cm³/mol. The second-order valence-corrected chi connectivity index (χ2v) is 5.37. The van der Waals surface area contributed by atoms with Crippen LogP contribution in [0.1, 0.15) is 28.0 Å². The molecular weight excluding hydrogens is 262 g/mol. The molecule has 0 saturated heterocycles. The lowest BCUT2D eigenvalue weighted by molar-refractivity contribution is 0.0980. The zero-order valence-corrected chi connectivity index (χ0v) is 12.4. The highest BCUT2D eigenvalue weighted by Gasteiger charge is 2.24. The quantitative estimate of drug-likeness (QED) is 0.920. The maximum absolute atomic E-state index is 12.8. The molecular formula is C17H19N3O. The van der Waals surface area contributed by atoms with Gasteiger partial charge in [0.15, 0.2) is 0 Å². The number of aromatic nitrogens is 1. The number of fused-ring (bicyclic) bond motifs is 1. The Morgan fingerprint density at radius 3 is 2.95 bits per heavy atom. The molecule has 0 fully saturated rings. The van der Waals surface area contributed by atoms with Crippen molar-refractivity contribution in [2.24, 2.45) is 0 Å². The van der Waals surface area contributed by atoms with Crippen LogP contribution in [0.4, 0.5) is 11.4 Å². The third kappa shape index (κ3) is 2.61. The number of pyridine rings is 1. The summed E-state index contributed by atoms with van der Waals surface area (Å²) in [4.78, 5) is 18.8. The van der Waals surface area contributed by atoms with Gasteiger partial charge in [-0.15, -0.1) is 0 Å². The Labute approximate surface area is 124 Å². The van der Waals surface area contributed by atoms with E-state index in [1.807, 2.05) is 24.1 Å². The summed E-state index contributed by atoms with van der Waals surface area (Å²) in [5, 5.41) is 3.04. The molecule has 0 saturated carbocycles. The minimum absolute atomic E-state index is 0.0306. The number of anilines is 2. The highest BCUT2D eigenvalue weighted by molar-refractivity contribution is 6.05. The molecule has 1 N–H and O–H groups in total. The van der Waals surface area contributed by atoms with Gasteiger partial charge in [-0.1, -0.05) is 17.7 Å². The molecule has 2 aromatic rings. The van der Waals surface area contributed by atoms with Gasteiger partial charge in [0.1, 0.15) is 5.69 Å². The second-order valence-electron chi connectivity index (χ2n) is 5.37. The zero-order chi connectivity index (χ0) is 14.8. The molecule has 1 aromatic carbocycles. The molecule has 0 spiro atoms. The van der Waals surface area contributed by atoms with Gasteiger partial charge < -0.3 is 10.2 Å². The van der Waals surface area contributed by atoms with E-state index in [4.69, 9.17) is 0 Å². The summed E-state index contributed by atoms with van der Waals surface area (Å²) >= 11 is 0. The maximum atomic E-state index is 12.8. The fraction of sp³-hybridized carbons (Fsp3) is 0.294. The number of carbonyl (C=O) groups is 1. The number of carbonyl (C=O) groups excluding carboxylic acids is 1. The van der Waals surface area contributed by atoms with E-state index in [-0.39, 0.29) is 5.91 Å². The largest absolute Gasteiger partial charge is 0.388 e. The first kappa shape index (κ1) is 13.6. The molecule has 0 radical (unpaired) electrons. The van der Waals surface area contributed by atoms with Gasteiger partial charge in [-0.25, -0.2) is 0 Å². The first-order valence-corrected chi connectivity index (χ1v) is 7.24. The van der Waals surface area contributed by atoms with Crippen molar-refractivity contribution in [3.63, 3.8) is 0 Å². The van der Waals surface area contributed by atoms with E-state index in [1.54, 1.807) is 12.3 Å². The third-order valence-electron chi connectivity index (χ3n) is 3.87. The minimum Gasteiger partial charge on any atom is -0.388 e. The highest BCUT2D eigenvalue weighted by atomic mass is 16.2. The lowest BCUT2D eigenvalue weighted by atomic mass is 9.99. The summed E-state index contributed by atoms with van der Waals surface area (Å²) < 4.78 is 0. The SMILES string of the molecule is CNc1ccnc(C(=O)N2CCCc3cc(C)ccc32)c1. The number of nitrogens with one attached hydrogen (secondary N) is 1. The van der Waals surface area contributed by atoms with Crippen molar-refractivity contribution in [2.75, 3.05) is 23.8 Å². The van der Waals surface area contributed by atoms with Gasteiger partial charge in [0.05, 0.1) is 0 Å². The van der Waals surface area contributed by atoms with E-state index in [0.717, 1.165) is 30.8 Å². The minimum atomic E-state index is -0.0306. The van der Waals surface area contributed by atoms with Crippen LogP contribution in [-0.4, -0.2) is 24.5 Å². The van der Waals surface area contributed by atoms with Crippen LogP contribution >= 0.6 is 0 Å². The van der Waals surface area contributed by atoms with Crippen molar-refractivity contribution in [2.45, 2.75) is 19.8 Å². The molecule has 1 aromatic heterocycles. The molecule has 1 amide bonds. The first-order chi connectivity index (χ1) is 10.2. The summed E-state index contributed by atoms with van der Waals surface area (Å²) in [5.41, 5.74) is 4.89. The van der Waals surface area contributed by atoms with Crippen LogP contribution in [0.3, 0.4) is 0 Å². The van der Waals surface area contributed by atoms with Crippen LogP contribution in [0.15, 0.2) is 36.5 Å². The van der Waals surface area contributed by atoms with Gasteiger partial charge in [0, 0.05) is 31.2 Å². The van der Waals surface area contributed by atoms with E-state index in [0.29, 0.717) is 5.69 Å². The number of aryl methyl sites for hydroxylation is 2. The summed E-state index contributed by atoms with van der Waals surface area (Å²) in [6.45, 7) is 2.83. The summed E-state index contributed by atoms with van der Waals surface area (Å²) in [7, 11) is 1.84. The molecule has 0 unspecified atom stereocenters. The second kappa shape index (κ2) is 5.56. The lowest BCUT2D eigenvalue weighted by Gasteiger charge is -2.29. The molecule has 4 nitrogen and oxygen atoms in total. The number of nitrogens with zero attached hydrogens (tertiary/aromatic N) is 2. The summed E-state index contributed by atoms with van der Waals surface area (Å²) in [6.07, 6.45) is 3.69. The molecule has 2 heterocycles. The molecule has 4 heteroatoms. The Hall–Kier alpha value is -2.36. The molecule has 0 atom stereocenters. The lowest BCUT2D eigenvalue weighted by Crippen LogP contribution is -2.36. The van der Waals surface area contributed by atoms with Gasteiger partial charge in [-0.2, -0.15) is 0 Å². The smallest absolute Gasteiger partial charge is 0.276 e. The molecule has 3 rings (SSSR count). The molecule has 21 heavy (non-hydrogen) atoms. The molecule has 0 bridgehead atoms. The third-order valence-corrected chi connectivity index (χ3v) is 3.87. The predicted octanol–water partition coefficient (Wildman–Crippen LogP) is 3.02. The highest BCUT2D eigenvalue weighted by Crippen LogP contribution is 2.29. The van der Waals surface area contributed by atoms with Crippen LogP contribution in [-0.2, 0) is 6.42 Å². The van der Waals surface area contributed by atoms with Gasteiger partial charge >= 0.3 is 0 Å². The van der Waals surface area contributed by atoms with Crippen LogP contribution in [0, 0.1) is 6.92 Å². The zero-order valence-electron chi connectivity index (χ0n) is 12.4. The number of hydrogen-bond donors (Lipinski definition) is 1. The topological polar surface area (TPSA) is 45.2 Å². The Morgan fingerprint density at radius 2 is 2.14 bits per heavy atom. The van der Waals surface area contributed by atoms with E-state index in [1.165, 1.54) is 11.1 Å². The van der Waals surface area contributed by atoms with Gasteiger partial charge in [0.25, 0.3) is 5.91 Å². The Bertz CT molecular complexity index is 681. The Morgan fingerprint density at radius 1 is 1.29 bits per heavy atom. The number of benzene rings is 1. The molecule has 1 aliphatic rings. The average Bonchev–Trinajstić information content (AvgIpc) is 2.53. The fourth-order valence-corrected chi connectivity index (χ4v) is 2.78. The number of hydrogen-bond acceptors (Lipinski definition) is 3. The van der Waals surface area contributed by atoms with Crippen molar-refractivity contribution in [3.05, 3.63) is 53.3 Å². The maximum Gasteiger partial charge on any atom is 0.276 e. The van der Waals surface area contributed by atoms with Crippen molar-refractivity contribution in [1.29, 1.82) is 0 Å². The van der Waals surface area contributed by atoms with Gasteiger partial charge in [-0.3, -0.25) is 9.78 Å². The Kier molecular flexibility index (Phi) is 3.60. The number of amides is 1. The van der Waals surface area contributed by atoms with Crippen LogP contribution in [0.5, 0.6) is 0 Å². The van der Waals surface area contributed by atoms with E-state index in [9.17, 15) is 4.79 Å². The average molecular weight is 281 g/mol. The standard InChI is InChI=1S/C17H19N3O/c1-12-5-6-16-13(10-12)4-3-9-20(16)17(21)15-11-14(18-2)7-8-19-15/h5-8,10-11H,3-4,9H2,1-2H3,(H,18,19). The van der Waals surface area contributed by atoms with Crippen molar-refractivity contribution in [1.82, 2.24) is 4.98 Å². The summed E-state index contributed by atoms with van der Waals surface area (Å²) in [6, 6.07) is 9.92. The van der Waals surface area contributed by atoms with Crippen molar-refractivity contribution in [3.8, 4) is 0 Å². The monoisotopic (exact) mass is 281 g/mol. The Balaban J connectivity index is 1.96. The fourth-order valence-electron chi connectivity index (χ4n) is 2.78. The van der Waals surface area contributed by atoms with Crippen LogP contribution in [0.2, 0.25) is 0 Å². The van der Waals surface area contributed by atoms with E-state index in [2.05, 4.69) is 29.4 Å². The summed E-state index contributed by atoms with van der Waals surface area (Å²) in [5.74, 6) is -0.0306. The van der Waals surface area contributed by atoms with Crippen LogP contribution in [0.25, 0.3) is 0 Å². The van der Waals surface area contributed by atoms with Crippen LogP contribution < -0.4 is 10.2 Å². The van der Waals surface area contributed by atoms with Gasteiger partial charge in [0.2, 0.25) is 0 Å². The van der Waals surface area contributed by atoms with E-state index >= 15 is 0 Å². The van der Waals surface area contributed by atoms with E-state index < -0.39 is 0 Å². The van der Waals surface area contributed by atoms with Crippen molar-refractivity contribution < 1.29 is 4.79 Å².